The zero-order chi connectivity index (χ0) is 24.8. The molecule has 0 aliphatic heterocycles. The number of aryl methyl sites for hydroxylation is 1. The van der Waals surface area contributed by atoms with E-state index < -0.39 is 11.9 Å². The van der Waals surface area contributed by atoms with E-state index in [-0.39, 0.29) is 19.0 Å². The lowest BCUT2D eigenvalue weighted by Crippen LogP contribution is -2.45. The largest absolute Gasteiger partial charge is 0.497 e. The molecule has 1 atom stereocenters. The highest BCUT2D eigenvalue weighted by Gasteiger charge is 2.35. The molecule has 182 valence electrons. The number of fused-ring (bicyclic) bond motifs is 1. The second-order valence-corrected chi connectivity index (χ2v) is 7.83. The molecule has 0 radical (unpaired) electrons. The minimum Gasteiger partial charge on any atom is -0.497 e. The number of rotatable bonds is 10. The predicted molar refractivity (Wildman–Crippen MR) is 129 cm³/mol. The van der Waals surface area contributed by atoms with Crippen molar-refractivity contribution < 1.29 is 23.5 Å². The molecule has 0 saturated heterocycles. The summed E-state index contributed by atoms with van der Waals surface area (Å²) >= 11 is 0. The molecule has 0 aliphatic carbocycles. The first kappa shape index (κ1) is 24.0. The number of carbonyl (C=O) groups excluding carboxylic acids is 2. The number of carbonyl (C=O) groups is 2. The van der Waals surface area contributed by atoms with E-state index in [9.17, 15) is 9.59 Å². The van der Waals surface area contributed by atoms with Crippen molar-refractivity contribution >= 4 is 28.5 Å². The van der Waals surface area contributed by atoms with Crippen LogP contribution in [0, 0.1) is 6.92 Å². The third-order valence-electron chi connectivity index (χ3n) is 5.47. The Labute approximate surface area is 202 Å². The van der Waals surface area contributed by atoms with Crippen molar-refractivity contribution in [3.05, 3.63) is 72.2 Å². The Morgan fingerprint density at radius 2 is 1.86 bits per heavy atom. The first-order chi connectivity index (χ1) is 17.0. The summed E-state index contributed by atoms with van der Waals surface area (Å²) in [5.74, 6) is 0.818. The summed E-state index contributed by atoms with van der Waals surface area (Å²) < 4.78 is 17.7. The minimum absolute atomic E-state index is 0.131. The predicted octanol–water partition coefficient (Wildman–Crippen LogP) is 2.88. The Hall–Kier alpha value is -4.18. The Morgan fingerprint density at radius 1 is 1.09 bits per heavy atom. The van der Waals surface area contributed by atoms with Gasteiger partial charge < -0.3 is 19.2 Å². The van der Waals surface area contributed by atoms with E-state index in [1.54, 1.807) is 57.5 Å². The number of nitrogens with one attached hydrogen (secondary N) is 1. The van der Waals surface area contributed by atoms with Gasteiger partial charge in [0, 0.05) is 19.3 Å². The second kappa shape index (κ2) is 10.8. The van der Waals surface area contributed by atoms with Crippen molar-refractivity contribution in [2.24, 2.45) is 0 Å². The summed E-state index contributed by atoms with van der Waals surface area (Å²) in [6.07, 6.45) is 0. The molecule has 35 heavy (non-hydrogen) atoms. The Morgan fingerprint density at radius 3 is 2.54 bits per heavy atom. The van der Waals surface area contributed by atoms with Crippen LogP contribution in [-0.2, 0) is 20.9 Å². The number of para-hydroxylation sites is 1. The molecular formula is C25H27N5O5. The third-order valence-corrected chi connectivity index (χ3v) is 5.47. The minimum atomic E-state index is -1.06. The first-order valence-corrected chi connectivity index (χ1v) is 11.1. The molecular weight excluding hydrogens is 450 g/mol. The standard InChI is InChI=1S/C25H27N5O5/c1-17-8-13-22(35-17)24(25(32)26-14-15-33-2)30(18-9-11-19(34-3)12-10-18)23(31)16-29-21-7-5-4-6-20(21)27-28-29/h4-13,24H,14-16H2,1-3H3,(H,26,32)/t24-/m0/s1. The molecule has 4 rings (SSSR count). The molecule has 10 heteroatoms. The Bertz CT molecular complexity index is 1300. The van der Waals surface area contributed by atoms with Crippen LogP contribution in [0.3, 0.4) is 0 Å². The number of hydrogen-bond acceptors (Lipinski definition) is 7. The highest BCUT2D eigenvalue weighted by Crippen LogP contribution is 2.31. The number of amides is 2. The molecule has 0 saturated carbocycles. The first-order valence-electron chi connectivity index (χ1n) is 11.1. The number of nitrogens with zero attached hydrogens (tertiary/aromatic N) is 4. The number of anilines is 1. The molecule has 0 aliphatic rings. The van der Waals surface area contributed by atoms with Gasteiger partial charge in [0.1, 0.15) is 29.3 Å². The maximum Gasteiger partial charge on any atom is 0.251 e. The van der Waals surface area contributed by atoms with E-state index in [2.05, 4.69) is 15.6 Å². The van der Waals surface area contributed by atoms with E-state index in [4.69, 9.17) is 13.9 Å². The molecule has 0 spiro atoms. The molecule has 2 aromatic carbocycles. The van der Waals surface area contributed by atoms with E-state index in [0.717, 1.165) is 0 Å². The fourth-order valence-electron chi connectivity index (χ4n) is 3.77. The van der Waals surface area contributed by atoms with Gasteiger partial charge in [-0.2, -0.15) is 0 Å². The van der Waals surface area contributed by atoms with Crippen molar-refractivity contribution in [1.82, 2.24) is 20.3 Å². The van der Waals surface area contributed by atoms with Gasteiger partial charge in [0.2, 0.25) is 5.91 Å². The molecule has 2 heterocycles. The van der Waals surface area contributed by atoms with Crippen LogP contribution in [0.5, 0.6) is 5.75 Å². The molecule has 4 aromatic rings. The fraction of sp³-hybridized carbons (Fsp3) is 0.280. The zero-order valence-corrected chi connectivity index (χ0v) is 19.8. The average molecular weight is 478 g/mol. The molecule has 2 amide bonds. The Kier molecular flexibility index (Phi) is 7.41. The van der Waals surface area contributed by atoms with Gasteiger partial charge in [-0.15, -0.1) is 5.10 Å². The summed E-state index contributed by atoms with van der Waals surface area (Å²) in [5.41, 5.74) is 1.89. The summed E-state index contributed by atoms with van der Waals surface area (Å²) in [6.45, 7) is 2.26. The van der Waals surface area contributed by atoms with Gasteiger partial charge in [-0.05, 0) is 55.5 Å². The van der Waals surface area contributed by atoms with Gasteiger partial charge in [-0.3, -0.25) is 14.5 Å². The molecule has 10 nitrogen and oxygen atoms in total. The van der Waals surface area contributed by atoms with Crippen molar-refractivity contribution in [2.75, 3.05) is 32.3 Å². The number of methoxy groups -OCH3 is 2. The number of ether oxygens (including phenoxy) is 2. The van der Waals surface area contributed by atoms with Gasteiger partial charge in [-0.25, -0.2) is 4.68 Å². The van der Waals surface area contributed by atoms with E-state index >= 15 is 0 Å². The highest BCUT2D eigenvalue weighted by atomic mass is 16.5. The van der Waals surface area contributed by atoms with E-state index in [1.165, 1.54) is 9.58 Å². The van der Waals surface area contributed by atoms with Crippen LogP contribution in [0.1, 0.15) is 17.6 Å². The maximum absolute atomic E-state index is 13.8. The van der Waals surface area contributed by atoms with Crippen LogP contribution < -0.4 is 15.0 Å². The normalized spacial score (nSPS) is 11.9. The quantitative estimate of drug-likeness (QED) is 0.350. The zero-order valence-electron chi connectivity index (χ0n) is 19.8. The number of hydrogen-bond donors (Lipinski definition) is 1. The highest BCUT2D eigenvalue weighted by molar-refractivity contribution is 6.01. The average Bonchev–Trinajstić information content (AvgIpc) is 3.48. The van der Waals surface area contributed by atoms with E-state index in [1.807, 2.05) is 24.3 Å². The van der Waals surface area contributed by atoms with Gasteiger partial charge in [0.05, 0.1) is 19.2 Å². The molecule has 2 aromatic heterocycles. The van der Waals surface area contributed by atoms with Crippen LogP contribution in [0.25, 0.3) is 11.0 Å². The van der Waals surface area contributed by atoms with Crippen LogP contribution in [-0.4, -0.2) is 54.2 Å². The molecule has 0 fully saturated rings. The van der Waals surface area contributed by atoms with Gasteiger partial charge in [0.25, 0.3) is 5.91 Å². The Balaban J connectivity index is 1.75. The van der Waals surface area contributed by atoms with Crippen molar-refractivity contribution in [3.63, 3.8) is 0 Å². The smallest absolute Gasteiger partial charge is 0.251 e. The van der Waals surface area contributed by atoms with Crippen molar-refractivity contribution in [2.45, 2.75) is 19.5 Å². The summed E-state index contributed by atoms with van der Waals surface area (Å²) in [7, 11) is 3.11. The van der Waals surface area contributed by atoms with Crippen LogP contribution >= 0.6 is 0 Å². The van der Waals surface area contributed by atoms with Crippen molar-refractivity contribution in [3.8, 4) is 5.75 Å². The number of benzene rings is 2. The van der Waals surface area contributed by atoms with Gasteiger partial charge >= 0.3 is 0 Å². The van der Waals surface area contributed by atoms with E-state index in [0.29, 0.717) is 40.6 Å². The second-order valence-electron chi connectivity index (χ2n) is 7.83. The molecule has 0 unspecified atom stereocenters. The number of aromatic nitrogens is 3. The topological polar surface area (TPSA) is 112 Å². The third kappa shape index (κ3) is 5.33. The lowest BCUT2D eigenvalue weighted by atomic mass is 10.1. The monoisotopic (exact) mass is 477 g/mol. The molecule has 0 bridgehead atoms. The van der Waals surface area contributed by atoms with Gasteiger partial charge in [0.15, 0.2) is 6.04 Å². The van der Waals surface area contributed by atoms with Crippen LogP contribution in [0.4, 0.5) is 5.69 Å². The van der Waals surface area contributed by atoms with Crippen LogP contribution in [0.15, 0.2) is 65.1 Å². The number of furan rings is 1. The van der Waals surface area contributed by atoms with Gasteiger partial charge in [-0.1, -0.05) is 17.3 Å². The fourth-order valence-corrected chi connectivity index (χ4v) is 3.77. The summed E-state index contributed by atoms with van der Waals surface area (Å²) in [4.78, 5) is 28.6. The molecule has 1 N–H and O–H groups in total. The van der Waals surface area contributed by atoms with Crippen molar-refractivity contribution in [1.29, 1.82) is 0 Å². The summed E-state index contributed by atoms with van der Waals surface area (Å²) in [5, 5.41) is 11.1. The lowest BCUT2D eigenvalue weighted by molar-refractivity contribution is -0.127. The maximum atomic E-state index is 13.8. The lowest BCUT2D eigenvalue weighted by Gasteiger charge is -2.30. The van der Waals surface area contributed by atoms with Crippen LogP contribution in [0.2, 0.25) is 0 Å². The summed E-state index contributed by atoms with van der Waals surface area (Å²) in [6, 6.07) is 16.7. The SMILES string of the molecule is COCCNC(=O)[C@H](c1ccc(C)o1)N(C(=O)Cn1nnc2ccccc21)c1ccc(OC)cc1.